The quantitative estimate of drug-likeness (QED) is 0.534. The van der Waals surface area contributed by atoms with Crippen molar-refractivity contribution in [2.45, 2.75) is 116 Å². The van der Waals surface area contributed by atoms with Crippen molar-refractivity contribution in [2.24, 2.45) is 33.5 Å². The van der Waals surface area contributed by atoms with Crippen LogP contribution in [0.1, 0.15) is 91.9 Å². The van der Waals surface area contributed by atoms with Gasteiger partial charge in [0.2, 0.25) is 11.8 Å². The Balaban J connectivity index is 1.33. The van der Waals surface area contributed by atoms with Gasteiger partial charge in [-0.2, -0.15) is 0 Å². The highest BCUT2D eigenvalue weighted by Gasteiger charge is 2.69. The van der Waals surface area contributed by atoms with Gasteiger partial charge < -0.3 is 20.8 Å². The van der Waals surface area contributed by atoms with E-state index in [2.05, 4.69) is 38.3 Å². The number of hydrogen-bond acceptors (Lipinski definition) is 4. The minimum Gasteiger partial charge on any atom is -0.392 e. The van der Waals surface area contributed by atoms with Crippen LogP contribution in [-0.2, 0) is 9.59 Å². The zero-order valence-corrected chi connectivity index (χ0v) is 20.2. The summed E-state index contributed by atoms with van der Waals surface area (Å²) in [5.74, 6) is 0.735. The molecule has 2 amide bonds. The summed E-state index contributed by atoms with van der Waals surface area (Å²) >= 11 is 0. The first kappa shape index (κ1) is 22.6. The van der Waals surface area contributed by atoms with Gasteiger partial charge in [-0.25, -0.2) is 0 Å². The summed E-state index contributed by atoms with van der Waals surface area (Å²) in [5.41, 5.74) is -1.85. The van der Waals surface area contributed by atoms with E-state index in [9.17, 15) is 19.8 Å². The molecule has 32 heavy (non-hydrogen) atoms. The van der Waals surface area contributed by atoms with Crippen molar-refractivity contribution in [3.05, 3.63) is 0 Å². The van der Waals surface area contributed by atoms with Crippen molar-refractivity contribution in [3.63, 3.8) is 0 Å². The van der Waals surface area contributed by atoms with Crippen LogP contribution in [0.2, 0.25) is 0 Å². The number of hydrogen-bond donors (Lipinski definition) is 4. The van der Waals surface area contributed by atoms with Crippen LogP contribution < -0.4 is 10.6 Å². The first-order valence-electron chi connectivity index (χ1n) is 13.0. The Kier molecular flexibility index (Phi) is 5.08. The largest absolute Gasteiger partial charge is 0.392 e. The zero-order chi connectivity index (χ0) is 23.1. The molecule has 0 aromatic rings. The van der Waals surface area contributed by atoms with Crippen LogP contribution >= 0.6 is 0 Å². The van der Waals surface area contributed by atoms with Gasteiger partial charge in [0.05, 0.1) is 23.0 Å². The van der Waals surface area contributed by atoms with Crippen LogP contribution in [0.25, 0.3) is 0 Å². The van der Waals surface area contributed by atoms with Crippen molar-refractivity contribution < 1.29 is 19.8 Å². The van der Waals surface area contributed by atoms with E-state index in [0.29, 0.717) is 24.7 Å². The molecular formula is C26H42N2O4. The molecule has 5 rings (SSSR count). The molecule has 0 saturated heterocycles. The average molecular weight is 447 g/mol. The van der Waals surface area contributed by atoms with Crippen LogP contribution in [0.15, 0.2) is 0 Å². The van der Waals surface area contributed by atoms with E-state index in [0.717, 1.165) is 51.4 Å². The van der Waals surface area contributed by atoms with Gasteiger partial charge in [0, 0.05) is 12.1 Å². The van der Waals surface area contributed by atoms with Gasteiger partial charge in [-0.15, -0.1) is 0 Å². The van der Waals surface area contributed by atoms with Gasteiger partial charge in [0.25, 0.3) is 0 Å². The fourth-order valence-corrected chi connectivity index (χ4v) is 9.04. The third-order valence-corrected chi connectivity index (χ3v) is 11.5. The molecule has 5 aliphatic carbocycles. The summed E-state index contributed by atoms with van der Waals surface area (Å²) in [5, 5.41) is 28.3. The molecule has 5 fully saturated rings. The highest BCUT2D eigenvalue weighted by Crippen LogP contribution is 2.67. The molecule has 180 valence electrons. The van der Waals surface area contributed by atoms with Crippen LogP contribution in [-0.4, -0.2) is 46.3 Å². The Morgan fingerprint density at radius 2 is 1.06 bits per heavy atom. The maximum atomic E-state index is 13.7. The van der Waals surface area contributed by atoms with Crippen molar-refractivity contribution in [1.29, 1.82) is 0 Å². The van der Waals surface area contributed by atoms with Gasteiger partial charge in [0.1, 0.15) is 0 Å². The third kappa shape index (κ3) is 2.65. The molecule has 0 unspecified atom stereocenters. The van der Waals surface area contributed by atoms with Crippen molar-refractivity contribution in [1.82, 2.24) is 10.6 Å². The fourth-order valence-electron chi connectivity index (χ4n) is 9.04. The van der Waals surface area contributed by atoms with Crippen LogP contribution in [0.5, 0.6) is 0 Å². The lowest BCUT2D eigenvalue weighted by molar-refractivity contribution is -0.147. The lowest BCUT2D eigenvalue weighted by Gasteiger charge is -2.43. The van der Waals surface area contributed by atoms with Gasteiger partial charge >= 0.3 is 0 Å². The fraction of sp³-hybridized carbons (Fsp3) is 0.923. The molecular weight excluding hydrogens is 404 g/mol. The van der Waals surface area contributed by atoms with Gasteiger partial charge in [0.15, 0.2) is 0 Å². The molecule has 0 aromatic carbocycles. The standard InChI is InChI=1S/C26H42N2O4/c1-23(2)15-9-11-25(23,19(29)13-15)21(31)27-17-7-5-6-8-18(17)28-22(32)26-12-10-16(14-20(26)30)24(26,3)4/h15-20,29-30H,5-14H2,1-4H3,(H,27,31)(H,28,32)/t15-,16-,17-,18+,19-,20-,25+,26+/m1/s1. The molecule has 0 aromatic heterocycles. The number of aliphatic hydroxyl groups is 2. The van der Waals surface area contributed by atoms with E-state index >= 15 is 0 Å². The van der Waals surface area contributed by atoms with Crippen LogP contribution in [0.3, 0.4) is 0 Å². The van der Waals surface area contributed by atoms with Gasteiger partial charge in [-0.3, -0.25) is 9.59 Å². The number of carbonyl (C=O) groups excluding carboxylic acids is 2. The number of rotatable bonds is 4. The summed E-state index contributed by atoms with van der Waals surface area (Å²) in [4.78, 5) is 27.3. The summed E-state index contributed by atoms with van der Waals surface area (Å²) < 4.78 is 0. The average Bonchev–Trinajstić information content (AvgIpc) is 3.29. The van der Waals surface area contributed by atoms with Crippen LogP contribution in [0, 0.1) is 33.5 Å². The summed E-state index contributed by atoms with van der Waals surface area (Å²) in [6.45, 7) is 8.55. The molecule has 0 heterocycles. The topological polar surface area (TPSA) is 98.7 Å². The lowest BCUT2D eigenvalue weighted by Crippen LogP contribution is -2.61. The van der Waals surface area contributed by atoms with E-state index < -0.39 is 23.0 Å². The molecule has 8 atom stereocenters. The summed E-state index contributed by atoms with van der Waals surface area (Å²) in [7, 11) is 0. The Morgan fingerprint density at radius 3 is 1.34 bits per heavy atom. The minimum atomic E-state index is -0.718. The first-order valence-corrected chi connectivity index (χ1v) is 13.0. The van der Waals surface area contributed by atoms with Gasteiger partial charge in [-0.05, 0) is 74.0 Å². The molecule has 6 nitrogen and oxygen atoms in total. The molecule has 6 heteroatoms. The zero-order valence-electron chi connectivity index (χ0n) is 20.2. The number of aliphatic hydroxyl groups excluding tert-OH is 2. The summed E-state index contributed by atoms with van der Waals surface area (Å²) in [6.07, 6.45) is 7.47. The minimum absolute atomic E-state index is 0.0264. The number of carbonyl (C=O) groups is 2. The summed E-state index contributed by atoms with van der Waals surface area (Å²) in [6, 6.07) is -0.236. The molecule has 0 radical (unpaired) electrons. The number of nitrogens with one attached hydrogen (secondary N) is 2. The second kappa shape index (κ2) is 7.18. The van der Waals surface area contributed by atoms with Crippen molar-refractivity contribution >= 4 is 11.8 Å². The Hall–Kier alpha value is -1.14. The third-order valence-electron chi connectivity index (χ3n) is 11.5. The number of fused-ring (bicyclic) bond motifs is 4. The number of amides is 2. The van der Waals surface area contributed by atoms with E-state index in [4.69, 9.17) is 0 Å². The highest BCUT2D eigenvalue weighted by molar-refractivity contribution is 5.87. The Bertz CT molecular complexity index is 744. The second-order valence-electron chi connectivity index (χ2n) is 12.8. The van der Waals surface area contributed by atoms with Gasteiger partial charge in [-0.1, -0.05) is 40.5 Å². The van der Waals surface area contributed by atoms with E-state index in [1.54, 1.807) is 0 Å². The predicted molar refractivity (Wildman–Crippen MR) is 121 cm³/mol. The van der Waals surface area contributed by atoms with E-state index in [1.807, 2.05) is 0 Å². The molecule has 5 aliphatic rings. The van der Waals surface area contributed by atoms with Crippen molar-refractivity contribution in [2.75, 3.05) is 0 Å². The molecule has 5 saturated carbocycles. The molecule has 4 N–H and O–H groups in total. The highest BCUT2D eigenvalue weighted by atomic mass is 16.3. The lowest BCUT2D eigenvalue weighted by atomic mass is 9.67. The molecule has 4 bridgehead atoms. The van der Waals surface area contributed by atoms with Crippen molar-refractivity contribution in [3.8, 4) is 0 Å². The van der Waals surface area contributed by atoms with Crippen LogP contribution in [0.4, 0.5) is 0 Å². The van der Waals surface area contributed by atoms with E-state index in [1.165, 1.54) is 0 Å². The normalized spacial score (nSPS) is 48.1. The predicted octanol–water partition coefficient (Wildman–Crippen LogP) is 2.90. The Morgan fingerprint density at radius 1 is 0.688 bits per heavy atom. The van der Waals surface area contributed by atoms with E-state index in [-0.39, 0.29) is 34.7 Å². The maximum absolute atomic E-state index is 13.7. The SMILES string of the molecule is CC1(C)[C@@H]2CC[C@@]1(C(=O)N[C@H]1CCCC[C@H]1NC(=O)[C@]13CC[C@H](C[C@H]1O)C3(C)C)[C@H](O)C2. The Labute approximate surface area is 192 Å². The first-order chi connectivity index (χ1) is 15.0. The molecule has 0 aliphatic heterocycles. The maximum Gasteiger partial charge on any atom is 0.229 e. The molecule has 0 spiro atoms. The second-order valence-corrected chi connectivity index (χ2v) is 12.8. The monoisotopic (exact) mass is 446 g/mol. The smallest absolute Gasteiger partial charge is 0.229 e.